The molecule has 0 aliphatic heterocycles. The molecule has 3 nitrogen and oxygen atoms in total. The third-order valence-electron chi connectivity index (χ3n) is 4.38. The van der Waals surface area contributed by atoms with Crippen molar-refractivity contribution < 1.29 is 9.53 Å². The molecule has 0 bridgehead atoms. The summed E-state index contributed by atoms with van der Waals surface area (Å²) in [5.74, 6) is 0.606. The Morgan fingerprint density at radius 1 is 0.958 bits per heavy atom. The Morgan fingerprint density at radius 3 is 2.29 bits per heavy atom. The van der Waals surface area contributed by atoms with E-state index in [1.165, 1.54) is 16.7 Å². The van der Waals surface area contributed by atoms with Crippen molar-refractivity contribution in [2.45, 2.75) is 53.7 Å². The lowest BCUT2D eigenvalue weighted by Gasteiger charge is -2.21. The Labute approximate surface area is 145 Å². The van der Waals surface area contributed by atoms with E-state index >= 15 is 0 Å². The molecule has 0 aliphatic rings. The second-order valence-corrected chi connectivity index (χ2v) is 6.60. The van der Waals surface area contributed by atoms with Gasteiger partial charge in [-0.2, -0.15) is 0 Å². The fraction of sp³-hybridized carbons (Fsp3) is 0.381. The minimum atomic E-state index is -0.541. The van der Waals surface area contributed by atoms with Crippen LogP contribution in [-0.2, 0) is 4.79 Å². The fourth-order valence-electron chi connectivity index (χ4n) is 2.80. The largest absolute Gasteiger partial charge is 0.481 e. The Hall–Kier alpha value is -2.29. The summed E-state index contributed by atoms with van der Waals surface area (Å²) < 4.78 is 5.75. The van der Waals surface area contributed by atoms with Crippen molar-refractivity contribution in [2.24, 2.45) is 0 Å². The molecular weight excluding hydrogens is 298 g/mol. The number of amides is 1. The predicted octanol–water partition coefficient (Wildman–Crippen LogP) is 4.56. The zero-order valence-electron chi connectivity index (χ0n) is 15.4. The van der Waals surface area contributed by atoms with Crippen LogP contribution >= 0.6 is 0 Å². The molecule has 1 amide bonds. The van der Waals surface area contributed by atoms with Gasteiger partial charge in [-0.25, -0.2) is 0 Å². The van der Waals surface area contributed by atoms with E-state index < -0.39 is 6.10 Å². The van der Waals surface area contributed by atoms with Crippen LogP contribution in [0.1, 0.15) is 47.7 Å². The number of rotatable bonds is 5. The van der Waals surface area contributed by atoms with Gasteiger partial charge in [-0.15, -0.1) is 0 Å². The van der Waals surface area contributed by atoms with Crippen LogP contribution in [0.4, 0.5) is 0 Å². The Morgan fingerprint density at radius 2 is 1.62 bits per heavy atom. The van der Waals surface area contributed by atoms with E-state index in [1.807, 2.05) is 38.1 Å². The van der Waals surface area contributed by atoms with Gasteiger partial charge in [0.15, 0.2) is 6.10 Å². The molecule has 0 spiro atoms. The lowest BCUT2D eigenvalue weighted by atomic mass is 9.96. The van der Waals surface area contributed by atoms with E-state index in [0.717, 1.165) is 11.1 Å². The molecule has 2 rings (SSSR count). The fourth-order valence-corrected chi connectivity index (χ4v) is 2.80. The standard InChI is InChI=1S/C21H27NO2/c1-13-8-7-9-19(10-13)24-18(6)21(23)22-17(5)20-12-15(3)14(2)11-16(20)4/h7-12,17-18H,1-6H3,(H,22,23)/t17-,18-/m1/s1. The normalized spacial score (nSPS) is 13.2. The molecule has 1 N–H and O–H groups in total. The van der Waals surface area contributed by atoms with Gasteiger partial charge >= 0.3 is 0 Å². The summed E-state index contributed by atoms with van der Waals surface area (Å²) in [6.45, 7) is 12.1. The first kappa shape index (κ1) is 18.1. The first-order valence-electron chi connectivity index (χ1n) is 8.39. The number of aryl methyl sites for hydroxylation is 4. The van der Waals surface area contributed by atoms with Gasteiger partial charge in [-0.1, -0.05) is 24.3 Å². The molecule has 0 radical (unpaired) electrons. The van der Waals surface area contributed by atoms with Gasteiger partial charge in [0.25, 0.3) is 5.91 Å². The van der Waals surface area contributed by atoms with Crippen LogP contribution in [0.3, 0.4) is 0 Å². The number of hydrogen-bond donors (Lipinski definition) is 1. The van der Waals surface area contributed by atoms with Crippen molar-refractivity contribution >= 4 is 5.91 Å². The van der Waals surface area contributed by atoms with Gasteiger partial charge in [-0.3, -0.25) is 4.79 Å². The van der Waals surface area contributed by atoms with Crippen LogP contribution in [0.5, 0.6) is 5.75 Å². The second-order valence-electron chi connectivity index (χ2n) is 6.60. The van der Waals surface area contributed by atoms with E-state index in [9.17, 15) is 4.79 Å². The molecule has 0 aliphatic carbocycles. The summed E-state index contributed by atoms with van der Waals surface area (Å²) in [5.41, 5.74) is 5.96. The molecule has 0 saturated heterocycles. The first-order valence-corrected chi connectivity index (χ1v) is 8.39. The highest BCUT2D eigenvalue weighted by Crippen LogP contribution is 2.22. The van der Waals surface area contributed by atoms with Crippen molar-refractivity contribution in [3.8, 4) is 5.75 Å². The highest BCUT2D eigenvalue weighted by atomic mass is 16.5. The minimum absolute atomic E-state index is 0.0552. The molecule has 0 saturated carbocycles. The minimum Gasteiger partial charge on any atom is -0.481 e. The van der Waals surface area contributed by atoms with E-state index in [1.54, 1.807) is 6.92 Å². The topological polar surface area (TPSA) is 38.3 Å². The number of benzene rings is 2. The van der Waals surface area contributed by atoms with Crippen LogP contribution in [0.15, 0.2) is 36.4 Å². The van der Waals surface area contributed by atoms with Crippen LogP contribution in [0, 0.1) is 27.7 Å². The maximum atomic E-state index is 12.4. The molecule has 0 fully saturated rings. The summed E-state index contributed by atoms with van der Waals surface area (Å²) in [6, 6.07) is 12.0. The monoisotopic (exact) mass is 325 g/mol. The van der Waals surface area contributed by atoms with Gasteiger partial charge in [-0.05, 0) is 81.5 Å². The van der Waals surface area contributed by atoms with Crippen LogP contribution < -0.4 is 10.1 Å². The molecule has 2 atom stereocenters. The molecule has 24 heavy (non-hydrogen) atoms. The number of nitrogens with one attached hydrogen (secondary N) is 1. The van der Waals surface area contributed by atoms with Crippen LogP contribution in [-0.4, -0.2) is 12.0 Å². The molecular formula is C21H27NO2. The third kappa shape index (κ3) is 4.38. The highest BCUT2D eigenvalue weighted by Gasteiger charge is 2.19. The molecule has 3 heteroatoms. The zero-order chi connectivity index (χ0) is 17.9. The first-order chi connectivity index (χ1) is 11.3. The van der Waals surface area contributed by atoms with Crippen molar-refractivity contribution in [1.82, 2.24) is 5.32 Å². The third-order valence-corrected chi connectivity index (χ3v) is 4.38. The zero-order valence-corrected chi connectivity index (χ0v) is 15.4. The molecule has 0 unspecified atom stereocenters. The summed E-state index contributed by atoms with van der Waals surface area (Å²) in [7, 11) is 0. The van der Waals surface area contributed by atoms with Gasteiger partial charge in [0.1, 0.15) is 5.75 Å². The van der Waals surface area contributed by atoms with E-state index in [2.05, 4.69) is 38.2 Å². The van der Waals surface area contributed by atoms with Crippen molar-refractivity contribution in [3.05, 3.63) is 64.2 Å². The molecule has 0 heterocycles. The molecule has 2 aromatic carbocycles. The number of ether oxygens (including phenoxy) is 1. The Kier molecular flexibility index (Phi) is 5.66. The quantitative estimate of drug-likeness (QED) is 0.875. The highest BCUT2D eigenvalue weighted by molar-refractivity contribution is 5.81. The van der Waals surface area contributed by atoms with Gasteiger partial charge in [0, 0.05) is 0 Å². The smallest absolute Gasteiger partial charge is 0.261 e. The lowest BCUT2D eigenvalue weighted by molar-refractivity contribution is -0.127. The maximum Gasteiger partial charge on any atom is 0.261 e. The van der Waals surface area contributed by atoms with Crippen molar-refractivity contribution in [1.29, 1.82) is 0 Å². The maximum absolute atomic E-state index is 12.4. The van der Waals surface area contributed by atoms with E-state index in [0.29, 0.717) is 5.75 Å². The Balaban J connectivity index is 2.04. The SMILES string of the molecule is Cc1cccc(O[C@H](C)C(=O)N[C@H](C)c2cc(C)c(C)cc2C)c1. The predicted molar refractivity (Wildman–Crippen MR) is 98.5 cm³/mol. The van der Waals surface area contributed by atoms with Crippen molar-refractivity contribution in [3.63, 3.8) is 0 Å². The van der Waals surface area contributed by atoms with Crippen LogP contribution in [0.25, 0.3) is 0 Å². The van der Waals surface area contributed by atoms with E-state index in [-0.39, 0.29) is 11.9 Å². The summed E-state index contributed by atoms with van der Waals surface area (Å²) in [5, 5.41) is 3.05. The van der Waals surface area contributed by atoms with Gasteiger partial charge < -0.3 is 10.1 Å². The van der Waals surface area contributed by atoms with Crippen molar-refractivity contribution in [2.75, 3.05) is 0 Å². The number of hydrogen-bond acceptors (Lipinski definition) is 2. The molecule has 0 aromatic heterocycles. The summed E-state index contributed by atoms with van der Waals surface area (Å²) in [6.07, 6.45) is -0.541. The van der Waals surface area contributed by atoms with Crippen LogP contribution in [0.2, 0.25) is 0 Å². The summed E-state index contributed by atoms with van der Waals surface area (Å²) in [4.78, 5) is 12.4. The summed E-state index contributed by atoms with van der Waals surface area (Å²) >= 11 is 0. The second kappa shape index (κ2) is 7.52. The average Bonchev–Trinajstić information content (AvgIpc) is 2.50. The molecule has 128 valence electrons. The molecule has 2 aromatic rings. The van der Waals surface area contributed by atoms with E-state index in [4.69, 9.17) is 4.74 Å². The van der Waals surface area contributed by atoms with Gasteiger partial charge in [0.2, 0.25) is 0 Å². The lowest BCUT2D eigenvalue weighted by Crippen LogP contribution is -2.38. The Bertz CT molecular complexity index is 737. The number of carbonyl (C=O) groups excluding carboxylic acids is 1. The average molecular weight is 325 g/mol. The van der Waals surface area contributed by atoms with Gasteiger partial charge in [0.05, 0.1) is 6.04 Å². The number of carbonyl (C=O) groups is 1.